The van der Waals surface area contributed by atoms with Crippen molar-refractivity contribution in [1.82, 2.24) is 0 Å². The molecule has 0 heterocycles. The van der Waals surface area contributed by atoms with Crippen molar-refractivity contribution in [2.24, 2.45) is 0 Å². The fourth-order valence-corrected chi connectivity index (χ4v) is 2.90. The van der Waals surface area contributed by atoms with E-state index in [1.54, 1.807) is 30.3 Å². The number of ketones is 1. The highest BCUT2D eigenvalue weighted by molar-refractivity contribution is 6.37. The SMILES string of the molecule is O=C(COc1cccc(NC(=O)c2ccc(Cl)cc2Cl)c1)c1ccc(F)cc1. The molecule has 0 aliphatic heterocycles. The highest BCUT2D eigenvalue weighted by Crippen LogP contribution is 2.23. The molecular weight excluding hydrogens is 404 g/mol. The molecule has 0 aliphatic carbocycles. The fourth-order valence-electron chi connectivity index (χ4n) is 2.40. The highest BCUT2D eigenvalue weighted by Gasteiger charge is 2.12. The summed E-state index contributed by atoms with van der Waals surface area (Å²) in [7, 11) is 0. The first-order valence-corrected chi connectivity index (χ1v) is 8.96. The van der Waals surface area contributed by atoms with Crippen molar-refractivity contribution in [2.75, 3.05) is 11.9 Å². The van der Waals surface area contributed by atoms with E-state index in [-0.39, 0.29) is 23.0 Å². The smallest absolute Gasteiger partial charge is 0.257 e. The van der Waals surface area contributed by atoms with Crippen LogP contribution in [0.3, 0.4) is 0 Å². The summed E-state index contributed by atoms with van der Waals surface area (Å²) >= 11 is 11.9. The Balaban J connectivity index is 1.64. The molecule has 142 valence electrons. The normalized spacial score (nSPS) is 10.4. The Kier molecular flexibility index (Phi) is 6.29. The molecule has 0 atom stereocenters. The van der Waals surface area contributed by atoms with Gasteiger partial charge in [0.25, 0.3) is 5.91 Å². The van der Waals surface area contributed by atoms with Gasteiger partial charge in [0.05, 0.1) is 10.6 Å². The molecule has 0 saturated carbocycles. The van der Waals surface area contributed by atoms with Crippen molar-refractivity contribution in [1.29, 1.82) is 0 Å². The third-order valence-electron chi connectivity index (χ3n) is 3.80. The summed E-state index contributed by atoms with van der Waals surface area (Å²) in [5.74, 6) is -0.708. The van der Waals surface area contributed by atoms with Crippen LogP contribution < -0.4 is 10.1 Å². The van der Waals surface area contributed by atoms with Gasteiger partial charge in [-0.1, -0.05) is 29.3 Å². The van der Waals surface area contributed by atoms with Crippen LogP contribution in [0.15, 0.2) is 66.7 Å². The predicted octanol–water partition coefficient (Wildman–Crippen LogP) is 5.65. The maximum atomic E-state index is 12.9. The van der Waals surface area contributed by atoms with E-state index in [9.17, 15) is 14.0 Å². The number of halogens is 3. The molecule has 3 aromatic rings. The molecule has 0 unspecified atom stereocenters. The summed E-state index contributed by atoms with van der Waals surface area (Å²) < 4.78 is 18.4. The summed E-state index contributed by atoms with van der Waals surface area (Å²) in [5, 5.41) is 3.38. The van der Waals surface area contributed by atoms with E-state index in [1.165, 1.54) is 36.4 Å². The number of benzene rings is 3. The van der Waals surface area contributed by atoms with Crippen molar-refractivity contribution >= 4 is 40.6 Å². The molecule has 0 aromatic heterocycles. The van der Waals surface area contributed by atoms with Gasteiger partial charge in [-0.05, 0) is 54.6 Å². The summed E-state index contributed by atoms with van der Waals surface area (Å²) in [4.78, 5) is 24.5. The van der Waals surface area contributed by atoms with E-state index in [0.717, 1.165) is 0 Å². The lowest BCUT2D eigenvalue weighted by Crippen LogP contribution is -2.13. The van der Waals surface area contributed by atoms with Crippen LogP contribution in [0.4, 0.5) is 10.1 Å². The molecule has 1 amide bonds. The average molecular weight is 418 g/mol. The molecule has 3 aromatic carbocycles. The first-order valence-electron chi connectivity index (χ1n) is 8.20. The lowest BCUT2D eigenvalue weighted by molar-refractivity contribution is 0.0920. The molecule has 4 nitrogen and oxygen atoms in total. The van der Waals surface area contributed by atoms with Gasteiger partial charge in [-0.25, -0.2) is 4.39 Å². The molecule has 0 aliphatic rings. The second kappa shape index (κ2) is 8.87. The molecule has 1 N–H and O–H groups in total. The Morgan fingerprint density at radius 2 is 1.71 bits per heavy atom. The molecular formula is C21H14Cl2FNO3. The monoisotopic (exact) mass is 417 g/mol. The largest absolute Gasteiger partial charge is 0.485 e. The van der Waals surface area contributed by atoms with Gasteiger partial charge in [0.15, 0.2) is 12.4 Å². The van der Waals surface area contributed by atoms with Crippen LogP contribution >= 0.6 is 23.2 Å². The summed E-state index contributed by atoms with van der Waals surface area (Å²) in [6.07, 6.45) is 0. The van der Waals surface area contributed by atoms with Crippen LogP contribution in [-0.2, 0) is 0 Å². The van der Waals surface area contributed by atoms with Gasteiger partial charge in [0.2, 0.25) is 0 Å². The number of hydrogen-bond donors (Lipinski definition) is 1. The van der Waals surface area contributed by atoms with E-state index in [4.69, 9.17) is 27.9 Å². The van der Waals surface area contributed by atoms with Gasteiger partial charge in [-0.15, -0.1) is 0 Å². The minimum Gasteiger partial charge on any atom is -0.485 e. The maximum absolute atomic E-state index is 12.9. The van der Waals surface area contributed by atoms with Crippen molar-refractivity contribution in [2.45, 2.75) is 0 Å². The Morgan fingerprint density at radius 3 is 2.43 bits per heavy atom. The number of rotatable bonds is 6. The lowest BCUT2D eigenvalue weighted by Gasteiger charge is -2.10. The second-order valence-electron chi connectivity index (χ2n) is 5.82. The van der Waals surface area contributed by atoms with E-state index in [0.29, 0.717) is 22.0 Å². The third-order valence-corrected chi connectivity index (χ3v) is 4.35. The zero-order valence-electron chi connectivity index (χ0n) is 14.4. The van der Waals surface area contributed by atoms with Gasteiger partial charge >= 0.3 is 0 Å². The Bertz CT molecular complexity index is 1020. The van der Waals surface area contributed by atoms with Crippen LogP contribution in [0.1, 0.15) is 20.7 Å². The molecule has 0 radical (unpaired) electrons. The molecule has 7 heteroatoms. The number of ether oxygens (including phenoxy) is 1. The molecule has 0 fully saturated rings. The minimum atomic E-state index is -0.415. The van der Waals surface area contributed by atoms with Crippen molar-refractivity contribution < 1.29 is 18.7 Å². The van der Waals surface area contributed by atoms with Gasteiger partial charge in [0.1, 0.15) is 11.6 Å². The second-order valence-corrected chi connectivity index (χ2v) is 6.67. The van der Waals surface area contributed by atoms with Crippen molar-refractivity contribution in [3.63, 3.8) is 0 Å². The standard InChI is InChI=1S/C21H14Cl2FNO3/c22-14-6-9-18(19(23)10-14)21(27)25-16-2-1-3-17(11-16)28-12-20(26)13-4-7-15(24)8-5-13/h1-11H,12H2,(H,25,27). The number of carbonyl (C=O) groups is 2. The number of hydrogen-bond acceptors (Lipinski definition) is 3. The van der Waals surface area contributed by atoms with Crippen LogP contribution in [0, 0.1) is 5.82 Å². The Labute approximate surface area is 170 Å². The van der Waals surface area contributed by atoms with Crippen molar-refractivity contribution in [3.05, 3.63) is 93.7 Å². The van der Waals surface area contributed by atoms with Gasteiger partial charge < -0.3 is 10.1 Å². The molecule has 3 rings (SSSR count). The van der Waals surface area contributed by atoms with Crippen LogP contribution in [-0.4, -0.2) is 18.3 Å². The summed E-state index contributed by atoms with van der Waals surface area (Å²) in [6.45, 7) is -0.216. The van der Waals surface area contributed by atoms with Gasteiger partial charge in [0, 0.05) is 22.3 Å². The van der Waals surface area contributed by atoms with E-state index >= 15 is 0 Å². The first-order chi connectivity index (χ1) is 13.4. The predicted molar refractivity (Wildman–Crippen MR) is 107 cm³/mol. The Morgan fingerprint density at radius 1 is 0.964 bits per heavy atom. The van der Waals surface area contributed by atoms with Crippen LogP contribution in [0.5, 0.6) is 5.75 Å². The summed E-state index contributed by atoms with van der Waals surface area (Å²) in [6, 6.07) is 16.4. The third kappa shape index (κ3) is 5.09. The number of Topliss-reactive ketones (excluding diaryl/α,β-unsaturated/α-hetero) is 1. The molecule has 0 bridgehead atoms. The first kappa shape index (κ1) is 19.9. The fraction of sp³-hybridized carbons (Fsp3) is 0.0476. The van der Waals surface area contributed by atoms with Crippen LogP contribution in [0.2, 0.25) is 10.0 Å². The van der Waals surface area contributed by atoms with E-state index in [1.807, 2.05) is 0 Å². The molecule has 0 spiro atoms. The lowest BCUT2D eigenvalue weighted by atomic mass is 10.1. The van der Waals surface area contributed by atoms with Gasteiger partial charge in [-0.3, -0.25) is 9.59 Å². The van der Waals surface area contributed by atoms with Crippen LogP contribution in [0.25, 0.3) is 0 Å². The van der Waals surface area contributed by atoms with Gasteiger partial charge in [-0.2, -0.15) is 0 Å². The number of carbonyl (C=O) groups excluding carboxylic acids is 2. The highest BCUT2D eigenvalue weighted by atomic mass is 35.5. The van der Waals surface area contributed by atoms with Crippen molar-refractivity contribution in [3.8, 4) is 5.75 Å². The molecule has 28 heavy (non-hydrogen) atoms. The zero-order chi connectivity index (χ0) is 20.1. The minimum absolute atomic E-state index is 0.216. The Hall–Kier alpha value is -2.89. The molecule has 0 saturated heterocycles. The summed E-state index contributed by atoms with van der Waals surface area (Å²) in [5.41, 5.74) is 1.11. The topological polar surface area (TPSA) is 55.4 Å². The maximum Gasteiger partial charge on any atom is 0.257 e. The quantitative estimate of drug-likeness (QED) is 0.527. The number of amides is 1. The van der Waals surface area contributed by atoms with E-state index in [2.05, 4.69) is 5.32 Å². The number of anilines is 1. The average Bonchev–Trinajstić information content (AvgIpc) is 2.67. The zero-order valence-corrected chi connectivity index (χ0v) is 15.9. The van der Waals surface area contributed by atoms with E-state index < -0.39 is 11.7 Å². The number of nitrogens with one attached hydrogen (secondary N) is 1.